The Kier molecular flexibility index (Phi) is 10.5. The number of carbonyl (C=O) groups is 1. The van der Waals surface area contributed by atoms with Crippen LogP contribution in [0, 0.1) is 13.0 Å². The van der Waals surface area contributed by atoms with Gasteiger partial charge in [-0.3, -0.25) is 4.79 Å². The molecule has 0 unspecified atom stereocenters. The van der Waals surface area contributed by atoms with Gasteiger partial charge in [-0.25, -0.2) is 0 Å². The summed E-state index contributed by atoms with van der Waals surface area (Å²) in [7, 11) is 0. The number of hydrogen-bond acceptors (Lipinski definition) is 5. The molecule has 0 amide bonds. The van der Waals surface area contributed by atoms with Crippen LogP contribution in [0.15, 0.2) is 24.3 Å². The van der Waals surface area contributed by atoms with Crippen LogP contribution in [-0.4, -0.2) is 36.6 Å². The van der Waals surface area contributed by atoms with Crippen LogP contribution in [-0.2, 0) is 20.0 Å². The van der Waals surface area contributed by atoms with Crippen LogP contribution in [0.2, 0.25) is 0 Å². The monoisotopic (exact) mass is 312 g/mol. The van der Waals surface area contributed by atoms with Crippen LogP contribution in [0.5, 0.6) is 0 Å². The summed E-state index contributed by atoms with van der Waals surface area (Å²) in [5.41, 5.74) is 1.32. The maximum atomic E-state index is 10.8. The Hall–Kier alpha value is -0.650. The maximum Gasteiger partial charge on any atom is 0.306 e. The summed E-state index contributed by atoms with van der Waals surface area (Å²) in [5, 5.41) is 0. The van der Waals surface area contributed by atoms with Gasteiger partial charge in [0.1, 0.15) is 5.94 Å². The molecule has 0 atom stereocenters. The second-order valence-corrected chi connectivity index (χ2v) is 6.02. The largest absolute Gasteiger partial charge is 0.455 e. The minimum absolute atomic E-state index is 0.188. The summed E-state index contributed by atoms with van der Waals surface area (Å²) >= 11 is 3.41. The number of ether oxygens (including phenoxy) is 2. The maximum absolute atomic E-state index is 10.8. The molecule has 0 aliphatic carbocycles. The third-order valence-corrected chi connectivity index (χ3v) is 4.04. The molecular formula is C15H20O3S2. The first-order valence-electron chi connectivity index (χ1n) is 6.46. The number of carbonyl (C=O) groups excluding carboxylic acids is 1. The summed E-state index contributed by atoms with van der Waals surface area (Å²) < 4.78 is 10.4. The fourth-order valence-corrected chi connectivity index (χ4v) is 2.66. The predicted molar refractivity (Wildman–Crippen MR) is 85.7 cm³/mol. The molecule has 1 aromatic rings. The topological polar surface area (TPSA) is 35.5 Å². The zero-order valence-electron chi connectivity index (χ0n) is 11.5. The molecule has 0 aliphatic heterocycles. The van der Waals surface area contributed by atoms with Crippen molar-refractivity contribution in [1.82, 2.24) is 0 Å². The van der Waals surface area contributed by atoms with Gasteiger partial charge in [0.2, 0.25) is 0 Å². The lowest BCUT2D eigenvalue weighted by atomic mass is 10.2. The SMILES string of the molecule is [CH2]CC(=O)OCSCCOCCSCc1cc[c]cc1. The van der Waals surface area contributed by atoms with Crippen molar-refractivity contribution in [3.8, 4) is 0 Å². The highest BCUT2D eigenvalue weighted by Gasteiger charge is 1.98. The average Bonchev–Trinajstić information content (AvgIpc) is 2.50. The summed E-state index contributed by atoms with van der Waals surface area (Å²) in [6.45, 7) is 4.89. The molecule has 1 rings (SSSR count). The Labute approximate surface area is 129 Å². The van der Waals surface area contributed by atoms with Crippen LogP contribution in [0.1, 0.15) is 12.0 Å². The van der Waals surface area contributed by atoms with Crippen LogP contribution in [0.3, 0.4) is 0 Å². The highest BCUT2D eigenvalue weighted by Crippen LogP contribution is 2.11. The lowest BCUT2D eigenvalue weighted by Gasteiger charge is -2.05. The molecule has 0 saturated carbocycles. The summed E-state index contributed by atoms with van der Waals surface area (Å²) in [6.07, 6.45) is 0.188. The fourth-order valence-electron chi connectivity index (χ4n) is 1.28. The molecule has 0 saturated heterocycles. The van der Waals surface area contributed by atoms with Crippen molar-refractivity contribution in [3.63, 3.8) is 0 Å². The molecule has 3 nitrogen and oxygen atoms in total. The second kappa shape index (κ2) is 12.1. The summed E-state index contributed by atoms with van der Waals surface area (Å²) in [5.74, 6) is 2.96. The first-order chi connectivity index (χ1) is 9.83. The van der Waals surface area contributed by atoms with Crippen molar-refractivity contribution < 1.29 is 14.3 Å². The minimum atomic E-state index is -0.256. The molecule has 2 radical (unpaired) electrons. The van der Waals surface area contributed by atoms with Gasteiger partial charge in [0, 0.05) is 23.7 Å². The van der Waals surface area contributed by atoms with Gasteiger partial charge in [-0.05, 0) is 18.6 Å². The van der Waals surface area contributed by atoms with Crippen molar-refractivity contribution in [3.05, 3.63) is 42.8 Å². The van der Waals surface area contributed by atoms with Crippen LogP contribution in [0.4, 0.5) is 0 Å². The lowest BCUT2D eigenvalue weighted by Crippen LogP contribution is -2.05. The Morgan fingerprint density at radius 3 is 2.60 bits per heavy atom. The Bertz CT molecular complexity index is 357. The fraction of sp³-hybridized carbons (Fsp3) is 0.467. The second-order valence-electron chi connectivity index (χ2n) is 3.87. The van der Waals surface area contributed by atoms with Gasteiger partial charge in [0.15, 0.2) is 0 Å². The van der Waals surface area contributed by atoms with Crippen molar-refractivity contribution in [2.24, 2.45) is 0 Å². The van der Waals surface area contributed by atoms with Gasteiger partial charge in [-0.1, -0.05) is 24.3 Å². The molecule has 0 spiro atoms. The number of rotatable bonds is 11. The minimum Gasteiger partial charge on any atom is -0.455 e. The molecule has 0 bridgehead atoms. The van der Waals surface area contributed by atoms with Gasteiger partial charge in [-0.15, -0.1) is 11.8 Å². The van der Waals surface area contributed by atoms with Crippen molar-refractivity contribution in [1.29, 1.82) is 0 Å². The third-order valence-electron chi connectivity index (χ3n) is 2.31. The van der Waals surface area contributed by atoms with E-state index in [1.807, 2.05) is 23.9 Å². The van der Waals surface area contributed by atoms with E-state index in [9.17, 15) is 4.79 Å². The molecule has 0 fully saturated rings. The molecule has 0 aromatic heterocycles. The first-order valence-corrected chi connectivity index (χ1v) is 8.77. The van der Waals surface area contributed by atoms with Gasteiger partial charge in [-0.2, -0.15) is 11.8 Å². The molecule has 1 aromatic carbocycles. The van der Waals surface area contributed by atoms with Gasteiger partial charge in [0.25, 0.3) is 0 Å². The van der Waals surface area contributed by atoms with Gasteiger partial charge >= 0.3 is 5.97 Å². The Morgan fingerprint density at radius 1 is 1.20 bits per heavy atom. The molecule has 110 valence electrons. The number of esters is 1. The van der Waals surface area contributed by atoms with Crippen molar-refractivity contribution in [2.75, 3.05) is 30.7 Å². The van der Waals surface area contributed by atoms with E-state index in [0.717, 1.165) is 23.9 Å². The normalized spacial score (nSPS) is 10.4. The van der Waals surface area contributed by atoms with E-state index in [2.05, 4.69) is 25.1 Å². The van der Waals surface area contributed by atoms with Crippen LogP contribution < -0.4 is 0 Å². The Morgan fingerprint density at radius 2 is 1.90 bits per heavy atom. The lowest BCUT2D eigenvalue weighted by molar-refractivity contribution is -0.140. The zero-order chi connectivity index (χ0) is 14.5. The van der Waals surface area contributed by atoms with Gasteiger partial charge < -0.3 is 9.47 Å². The smallest absolute Gasteiger partial charge is 0.306 e. The van der Waals surface area contributed by atoms with E-state index in [0.29, 0.717) is 12.5 Å². The molecule has 20 heavy (non-hydrogen) atoms. The summed E-state index contributed by atoms with van der Waals surface area (Å²) in [6, 6.07) is 11.0. The number of benzene rings is 1. The average molecular weight is 312 g/mol. The number of hydrogen-bond donors (Lipinski definition) is 0. The summed E-state index contributed by atoms with van der Waals surface area (Å²) in [4.78, 5) is 10.8. The standard InChI is InChI=1S/C15H20O3S2/c1-2-15(16)18-13-20-11-9-17-8-10-19-12-14-6-4-3-5-7-14/h4-7H,1-2,8-13H2. The molecule has 0 heterocycles. The molecule has 5 heteroatoms. The molecular weight excluding hydrogens is 292 g/mol. The zero-order valence-corrected chi connectivity index (χ0v) is 13.1. The predicted octanol–water partition coefficient (Wildman–Crippen LogP) is 3.19. The quantitative estimate of drug-likeness (QED) is 0.356. The van der Waals surface area contributed by atoms with E-state index < -0.39 is 0 Å². The van der Waals surface area contributed by atoms with E-state index in [4.69, 9.17) is 9.47 Å². The van der Waals surface area contributed by atoms with Crippen molar-refractivity contribution >= 4 is 29.5 Å². The highest BCUT2D eigenvalue weighted by atomic mass is 32.2. The molecule has 0 aliphatic rings. The van der Waals surface area contributed by atoms with Crippen molar-refractivity contribution in [2.45, 2.75) is 12.2 Å². The number of thioether (sulfide) groups is 2. The van der Waals surface area contributed by atoms with E-state index in [-0.39, 0.29) is 12.4 Å². The first kappa shape index (κ1) is 17.4. The van der Waals surface area contributed by atoms with E-state index in [1.165, 1.54) is 5.56 Å². The highest BCUT2D eigenvalue weighted by molar-refractivity contribution is 7.99. The van der Waals surface area contributed by atoms with Crippen LogP contribution in [0.25, 0.3) is 0 Å². The van der Waals surface area contributed by atoms with E-state index in [1.54, 1.807) is 11.8 Å². The van der Waals surface area contributed by atoms with Crippen LogP contribution >= 0.6 is 23.5 Å². The van der Waals surface area contributed by atoms with Gasteiger partial charge in [0.05, 0.1) is 13.2 Å². The third kappa shape index (κ3) is 9.28. The Balaban J connectivity index is 1.82. The molecule has 0 N–H and O–H groups in total. The van der Waals surface area contributed by atoms with E-state index >= 15 is 0 Å².